The summed E-state index contributed by atoms with van der Waals surface area (Å²) in [5.74, 6) is 0.946. The highest BCUT2D eigenvalue weighted by Crippen LogP contribution is 2.19. The Morgan fingerprint density at radius 2 is 2.07 bits per heavy atom. The second-order valence-electron chi connectivity index (χ2n) is 3.18. The maximum absolute atomic E-state index is 5.00. The average Bonchev–Trinajstić information content (AvgIpc) is 2.29. The molecule has 0 aliphatic carbocycles. The fourth-order valence-electron chi connectivity index (χ4n) is 1.36. The van der Waals surface area contributed by atoms with Gasteiger partial charge in [0.25, 0.3) is 0 Å². The summed E-state index contributed by atoms with van der Waals surface area (Å²) >= 11 is 1.72. The van der Waals surface area contributed by atoms with Crippen LogP contribution in [0.5, 0.6) is 0 Å². The van der Waals surface area contributed by atoms with Gasteiger partial charge in [0.2, 0.25) is 0 Å². The first-order valence-electron chi connectivity index (χ1n) is 4.87. The predicted octanol–water partition coefficient (Wildman–Crippen LogP) is 2.97. The van der Waals surface area contributed by atoms with Crippen LogP contribution < -0.4 is 0 Å². The van der Waals surface area contributed by atoms with E-state index in [9.17, 15) is 0 Å². The van der Waals surface area contributed by atoms with Gasteiger partial charge in [0.15, 0.2) is 0 Å². The van der Waals surface area contributed by atoms with Gasteiger partial charge in [0.1, 0.15) is 0 Å². The molecule has 1 heterocycles. The van der Waals surface area contributed by atoms with Gasteiger partial charge in [-0.3, -0.25) is 0 Å². The van der Waals surface area contributed by atoms with E-state index in [-0.39, 0.29) is 0 Å². The van der Waals surface area contributed by atoms with Crippen molar-refractivity contribution in [3.8, 4) is 0 Å². The normalized spacial score (nSPS) is 10.7. The third-order valence-corrected chi connectivity index (χ3v) is 3.00. The van der Waals surface area contributed by atoms with Crippen molar-refractivity contribution in [2.24, 2.45) is 0 Å². The van der Waals surface area contributed by atoms with E-state index in [0.717, 1.165) is 22.9 Å². The van der Waals surface area contributed by atoms with Crippen LogP contribution in [0.15, 0.2) is 41.4 Å². The van der Waals surface area contributed by atoms with Gasteiger partial charge in [-0.05, 0) is 12.1 Å². The van der Waals surface area contributed by atoms with E-state index in [1.165, 1.54) is 5.39 Å². The molecule has 0 bridgehead atoms. The molecule has 0 radical (unpaired) electrons. The van der Waals surface area contributed by atoms with Crippen molar-refractivity contribution >= 4 is 22.7 Å². The minimum Gasteiger partial charge on any atom is -0.384 e. The summed E-state index contributed by atoms with van der Waals surface area (Å²) in [6.07, 6.45) is 0. The van der Waals surface area contributed by atoms with Crippen molar-refractivity contribution in [3.63, 3.8) is 0 Å². The molecule has 0 saturated heterocycles. The standard InChI is InChI=1S/C12H13NOS/c1-14-8-9-15-12-7-6-10-4-2-3-5-11(10)13-12/h2-7H,8-9H2,1H3. The number of pyridine rings is 1. The van der Waals surface area contributed by atoms with Crippen LogP contribution in [0.1, 0.15) is 0 Å². The lowest BCUT2D eigenvalue weighted by Crippen LogP contribution is -1.92. The van der Waals surface area contributed by atoms with Crippen molar-refractivity contribution in [2.75, 3.05) is 19.5 Å². The molecule has 0 aliphatic rings. The van der Waals surface area contributed by atoms with Crippen molar-refractivity contribution in [1.82, 2.24) is 4.98 Å². The number of methoxy groups -OCH3 is 1. The summed E-state index contributed by atoms with van der Waals surface area (Å²) < 4.78 is 5.00. The molecule has 1 aromatic heterocycles. The molecule has 78 valence electrons. The molecule has 2 rings (SSSR count). The maximum Gasteiger partial charge on any atom is 0.0968 e. The summed E-state index contributed by atoms with van der Waals surface area (Å²) in [7, 11) is 1.72. The molecule has 0 atom stereocenters. The largest absolute Gasteiger partial charge is 0.384 e. The van der Waals surface area contributed by atoms with Crippen LogP contribution in [0.25, 0.3) is 10.9 Å². The van der Waals surface area contributed by atoms with E-state index in [1.54, 1.807) is 18.9 Å². The molecule has 0 N–H and O–H groups in total. The van der Waals surface area contributed by atoms with Crippen LogP contribution in [-0.4, -0.2) is 24.5 Å². The van der Waals surface area contributed by atoms with Crippen molar-refractivity contribution in [3.05, 3.63) is 36.4 Å². The highest BCUT2D eigenvalue weighted by atomic mass is 32.2. The van der Waals surface area contributed by atoms with E-state index in [1.807, 2.05) is 18.2 Å². The average molecular weight is 219 g/mol. The zero-order valence-corrected chi connectivity index (χ0v) is 9.46. The van der Waals surface area contributed by atoms with Gasteiger partial charge in [0.05, 0.1) is 17.1 Å². The molecule has 0 saturated carbocycles. The fourth-order valence-corrected chi connectivity index (χ4v) is 2.14. The third-order valence-electron chi connectivity index (χ3n) is 2.11. The van der Waals surface area contributed by atoms with Crippen molar-refractivity contribution < 1.29 is 4.74 Å². The highest BCUT2D eigenvalue weighted by Gasteiger charge is 1.97. The van der Waals surface area contributed by atoms with Crippen LogP contribution in [0, 0.1) is 0 Å². The summed E-state index contributed by atoms with van der Waals surface area (Å²) in [4.78, 5) is 4.55. The molecular weight excluding hydrogens is 206 g/mol. The van der Waals surface area contributed by atoms with Crippen molar-refractivity contribution in [2.45, 2.75) is 5.03 Å². The van der Waals surface area contributed by atoms with Crippen LogP contribution >= 0.6 is 11.8 Å². The molecule has 1 aromatic carbocycles. The molecule has 3 heteroatoms. The van der Waals surface area contributed by atoms with Gasteiger partial charge < -0.3 is 4.74 Å². The number of hydrogen-bond acceptors (Lipinski definition) is 3. The van der Waals surface area contributed by atoms with E-state index in [2.05, 4.69) is 23.2 Å². The van der Waals surface area contributed by atoms with Gasteiger partial charge >= 0.3 is 0 Å². The molecule has 2 nitrogen and oxygen atoms in total. The van der Waals surface area contributed by atoms with E-state index in [0.29, 0.717) is 0 Å². The lowest BCUT2D eigenvalue weighted by atomic mass is 10.2. The van der Waals surface area contributed by atoms with Gasteiger partial charge in [-0.2, -0.15) is 0 Å². The van der Waals surface area contributed by atoms with Crippen LogP contribution in [0.2, 0.25) is 0 Å². The van der Waals surface area contributed by atoms with E-state index in [4.69, 9.17) is 4.74 Å². The molecule has 2 aromatic rings. The number of nitrogens with zero attached hydrogens (tertiary/aromatic N) is 1. The smallest absolute Gasteiger partial charge is 0.0968 e. The topological polar surface area (TPSA) is 22.1 Å². The molecular formula is C12H13NOS. The van der Waals surface area contributed by atoms with Crippen LogP contribution in [0.4, 0.5) is 0 Å². The van der Waals surface area contributed by atoms with Gasteiger partial charge in [-0.25, -0.2) is 4.98 Å². The quantitative estimate of drug-likeness (QED) is 0.583. The Bertz CT molecular complexity index is 444. The summed E-state index contributed by atoms with van der Waals surface area (Å²) in [5.41, 5.74) is 1.06. The number of fused-ring (bicyclic) bond motifs is 1. The first-order chi connectivity index (χ1) is 7.40. The zero-order valence-electron chi connectivity index (χ0n) is 8.64. The zero-order chi connectivity index (χ0) is 10.5. The lowest BCUT2D eigenvalue weighted by Gasteiger charge is -2.02. The predicted molar refractivity (Wildman–Crippen MR) is 64.3 cm³/mol. The summed E-state index contributed by atoms with van der Waals surface area (Å²) in [6, 6.07) is 12.3. The van der Waals surface area contributed by atoms with E-state index < -0.39 is 0 Å². The Hall–Kier alpha value is -1.06. The van der Waals surface area contributed by atoms with E-state index >= 15 is 0 Å². The molecule has 0 spiro atoms. The number of thioether (sulfide) groups is 1. The monoisotopic (exact) mass is 219 g/mol. The Morgan fingerprint density at radius 1 is 1.20 bits per heavy atom. The van der Waals surface area contributed by atoms with Crippen LogP contribution in [0.3, 0.4) is 0 Å². The second kappa shape index (κ2) is 5.14. The molecule has 0 unspecified atom stereocenters. The number of hydrogen-bond donors (Lipinski definition) is 0. The van der Waals surface area contributed by atoms with Crippen molar-refractivity contribution in [1.29, 1.82) is 0 Å². The number of benzene rings is 1. The number of para-hydroxylation sites is 1. The van der Waals surface area contributed by atoms with Gasteiger partial charge in [-0.15, -0.1) is 11.8 Å². The maximum atomic E-state index is 5.00. The Kier molecular flexibility index (Phi) is 3.59. The summed E-state index contributed by atoms with van der Waals surface area (Å²) in [5, 5.41) is 2.25. The Labute approximate surface area is 93.7 Å². The van der Waals surface area contributed by atoms with Crippen LogP contribution in [-0.2, 0) is 4.74 Å². The minimum atomic E-state index is 0.763. The fraction of sp³-hybridized carbons (Fsp3) is 0.250. The van der Waals surface area contributed by atoms with Gasteiger partial charge in [-0.1, -0.05) is 24.3 Å². The Morgan fingerprint density at radius 3 is 2.93 bits per heavy atom. The number of aromatic nitrogens is 1. The SMILES string of the molecule is COCCSc1ccc2ccccc2n1. The Balaban J connectivity index is 2.16. The number of ether oxygens (including phenoxy) is 1. The third kappa shape index (κ3) is 2.70. The molecule has 0 aliphatic heterocycles. The molecule has 0 fully saturated rings. The first kappa shape index (κ1) is 10.5. The first-order valence-corrected chi connectivity index (χ1v) is 5.86. The van der Waals surface area contributed by atoms with Gasteiger partial charge in [0, 0.05) is 18.2 Å². The highest BCUT2D eigenvalue weighted by molar-refractivity contribution is 7.99. The lowest BCUT2D eigenvalue weighted by molar-refractivity contribution is 0.218. The molecule has 15 heavy (non-hydrogen) atoms. The molecule has 0 amide bonds. The minimum absolute atomic E-state index is 0.763. The number of rotatable bonds is 4. The second-order valence-corrected chi connectivity index (χ2v) is 4.30. The summed E-state index contributed by atoms with van der Waals surface area (Å²) in [6.45, 7) is 0.763.